The molecule has 9 rings (SSSR count). The summed E-state index contributed by atoms with van der Waals surface area (Å²) >= 11 is 7.45. The topological polar surface area (TPSA) is 18.5 Å². The second kappa shape index (κ2) is 11.8. The van der Waals surface area contributed by atoms with Crippen molar-refractivity contribution in [1.82, 2.24) is 0 Å². The molecule has 4 aromatic heterocycles. The number of hydrogen-bond donors (Lipinski definition) is 0. The molecule has 0 fully saturated rings. The maximum atomic E-state index is 6.30. The van der Waals surface area contributed by atoms with Crippen molar-refractivity contribution in [3.05, 3.63) is 132 Å². The molecule has 47 heavy (non-hydrogen) atoms. The fourth-order valence-corrected chi connectivity index (χ4v) is 11.6. The van der Waals surface area contributed by atoms with Crippen LogP contribution in [0.2, 0.25) is 0 Å². The van der Waals surface area contributed by atoms with Crippen LogP contribution < -0.4 is 9.47 Å². The van der Waals surface area contributed by atoms with Crippen molar-refractivity contribution in [2.45, 2.75) is 18.3 Å². The van der Waals surface area contributed by atoms with Gasteiger partial charge in [-0.3, -0.25) is 0 Å². The zero-order chi connectivity index (χ0) is 31.5. The van der Waals surface area contributed by atoms with Crippen LogP contribution >= 0.6 is 45.3 Å². The molecule has 2 unspecified atom stereocenters. The van der Waals surface area contributed by atoms with Crippen molar-refractivity contribution in [3.63, 3.8) is 0 Å². The van der Waals surface area contributed by atoms with Gasteiger partial charge >= 0.3 is 0 Å². The lowest BCUT2D eigenvalue weighted by Crippen LogP contribution is -2.03. The smallest absolute Gasteiger partial charge is 0.131 e. The monoisotopic (exact) mass is 682 g/mol. The number of allylic oxidation sites excluding steroid dienone is 2. The van der Waals surface area contributed by atoms with Crippen molar-refractivity contribution in [3.8, 4) is 72.8 Å². The summed E-state index contributed by atoms with van der Waals surface area (Å²) in [6, 6.07) is 39.5. The van der Waals surface area contributed by atoms with Crippen molar-refractivity contribution in [1.29, 1.82) is 0 Å². The third-order valence-electron chi connectivity index (χ3n) is 9.24. The van der Waals surface area contributed by atoms with Crippen LogP contribution in [0.15, 0.2) is 121 Å². The SMILES string of the molecule is COc1cc(-c2cc(-c3ccc(-c4ccccc4)s3)sc2-c2ccc(-c3ccc(-c4ccccc4)s3)s2)c(OC)c2c1C1C=CC2C1. The average molecular weight is 683 g/mol. The zero-order valence-corrected chi connectivity index (χ0v) is 29.1. The van der Waals surface area contributed by atoms with Gasteiger partial charge in [-0.15, -0.1) is 45.3 Å². The van der Waals surface area contributed by atoms with Crippen LogP contribution in [0.1, 0.15) is 29.4 Å². The first kappa shape index (κ1) is 29.0. The highest BCUT2D eigenvalue weighted by Gasteiger charge is 2.39. The fourth-order valence-electron chi connectivity index (χ4n) is 7.08. The third kappa shape index (κ3) is 4.94. The number of benzene rings is 3. The van der Waals surface area contributed by atoms with E-state index in [1.54, 1.807) is 7.11 Å². The molecule has 2 nitrogen and oxygen atoms in total. The number of methoxy groups -OCH3 is 2. The van der Waals surface area contributed by atoms with Gasteiger partial charge in [0.1, 0.15) is 11.5 Å². The molecule has 2 aliphatic carbocycles. The summed E-state index contributed by atoms with van der Waals surface area (Å²) < 4.78 is 12.4. The number of thiophene rings is 4. The number of fused-ring (bicyclic) bond motifs is 5. The average Bonchev–Trinajstić information content (AvgIpc) is 3.97. The molecule has 6 heteroatoms. The Bertz CT molecular complexity index is 2260. The summed E-state index contributed by atoms with van der Waals surface area (Å²) in [5.41, 5.74) is 7.43. The van der Waals surface area contributed by atoms with E-state index in [9.17, 15) is 0 Å². The van der Waals surface area contributed by atoms with Crippen LogP contribution in [0.4, 0.5) is 0 Å². The Labute approximate surface area is 290 Å². The van der Waals surface area contributed by atoms with E-state index in [1.807, 2.05) is 52.5 Å². The number of hydrogen-bond acceptors (Lipinski definition) is 6. The van der Waals surface area contributed by atoms with Gasteiger partial charge in [0, 0.05) is 68.2 Å². The van der Waals surface area contributed by atoms with E-state index in [0.29, 0.717) is 11.8 Å². The number of rotatable bonds is 8. The molecule has 0 amide bonds. The van der Waals surface area contributed by atoms with E-state index in [4.69, 9.17) is 9.47 Å². The second-order valence-electron chi connectivity index (χ2n) is 11.9. The van der Waals surface area contributed by atoms with E-state index < -0.39 is 0 Å². The van der Waals surface area contributed by atoms with Crippen LogP contribution in [0.5, 0.6) is 11.5 Å². The highest BCUT2D eigenvalue weighted by Crippen LogP contribution is 2.59. The Hall–Kier alpha value is -4.20. The van der Waals surface area contributed by atoms with E-state index >= 15 is 0 Å². The van der Waals surface area contributed by atoms with Crippen molar-refractivity contribution in [2.75, 3.05) is 14.2 Å². The normalized spacial score (nSPS) is 16.1. The molecule has 2 aliphatic rings. The molecule has 0 aliphatic heterocycles. The molecule has 4 heterocycles. The van der Waals surface area contributed by atoms with Gasteiger partial charge in [-0.05, 0) is 66.1 Å². The predicted molar refractivity (Wildman–Crippen MR) is 203 cm³/mol. The first-order valence-electron chi connectivity index (χ1n) is 15.7. The van der Waals surface area contributed by atoms with Crippen molar-refractivity contribution in [2.24, 2.45) is 0 Å². The molecular weight excluding hydrogens is 653 g/mol. The van der Waals surface area contributed by atoms with Gasteiger partial charge in [0.25, 0.3) is 0 Å². The lowest BCUT2D eigenvalue weighted by Gasteiger charge is -2.21. The van der Waals surface area contributed by atoms with E-state index in [-0.39, 0.29) is 0 Å². The van der Waals surface area contributed by atoms with Gasteiger partial charge in [0.15, 0.2) is 0 Å². The van der Waals surface area contributed by atoms with Crippen LogP contribution in [0, 0.1) is 0 Å². The van der Waals surface area contributed by atoms with Gasteiger partial charge < -0.3 is 9.47 Å². The molecule has 7 aromatic rings. The van der Waals surface area contributed by atoms with Gasteiger partial charge in [-0.1, -0.05) is 72.8 Å². The molecule has 3 aromatic carbocycles. The first-order chi connectivity index (χ1) is 23.2. The molecule has 2 atom stereocenters. The summed E-state index contributed by atoms with van der Waals surface area (Å²) in [6.07, 6.45) is 5.79. The first-order valence-corrected chi connectivity index (χ1v) is 19.0. The standard InChI is InChI=1S/C41H30O2S4/c1-42-30-22-28(40(43-2)39-27-14-13-26(21-27)38(30)39)29-23-37(35-18-16-32(45-35)25-11-7-4-8-12-25)47-41(29)36-20-19-34(46-36)33-17-15-31(44-33)24-9-5-3-6-10-24/h3-20,22-23,26-27H,21H2,1-2H3. The van der Waals surface area contributed by atoms with E-state index in [1.165, 1.54) is 66.8 Å². The molecule has 0 saturated heterocycles. The Morgan fingerprint density at radius 1 is 0.489 bits per heavy atom. The Morgan fingerprint density at radius 3 is 1.62 bits per heavy atom. The Kier molecular flexibility index (Phi) is 7.27. The lowest BCUT2D eigenvalue weighted by molar-refractivity contribution is 0.397. The van der Waals surface area contributed by atoms with Gasteiger partial charge in [-0.25, -0.2) is 0 Å². The van der Waals surface area contributed by atoms with Crippen LogP contribution in [-0.2, 0) is 0 Å². The van der Waals surface area contributed by atoms with Crippen LogP contribution in [0.3, 0.4) is 0 Å². The highest BCUT2D eigenvalue weighted by molar-refractivity contribution is 7.29. The summed E-state index contributed by atoms with van der Waals surface area (Å²) in [4.78, 5) is 10.2. The minimum Gasteiger partial charge on any atom is -0.496 e. The van der Waals surface area contributed by atoms with E-state index in [2.05, 4.69) is 121 Å². The molecule has 0 N–H and O–H groups in total. The van der Waals surface area contributed by atoms with Gasteiger partial charge in [-0.2, -0.15) is 0 Å². The van der Waals surface area contributed by atoms with Crippen LogP contribution in [-0.4, -0.2) is 14.2 Å². The predicted octanol–water partition coefficient (Wildman–Crippen LogP) is 13.1. The van der Waals surface area contributed by atoms with Crippen LogP contribution in [0.25, 0.3) is 61.3 Å². The molecule has 0 saturated carbocycles. The zero-order valence-electron chi connectivity index (χ0n) is 25.9. The highest BCUT2D eigenvalue weighted by atomic mass is 32.1. The van der Waals surface area contributed by atoms with Crippen molar-refractivity contribution >= 4 is 45.3 Å². The quantitative estimate of drug-likeness (QED) is 0.149. The molecule has 0 radical (unpaired) electrons. The Morgan fingerprint density at radius 2 is 1.02 bits per heavy atom. The molecule has 230 valence electrons. The fraction of sp³-hybridized carbons (Fsp3) is 0.122. The van der Waals surface area contributed by atoms with Gasteiger partial charge in [0.2, 0.25) is 0 Å². The minimum atomic E-state index is 0.372. The second-order valence-corrected chi connectivity index (χ2v) is 16.2. The summed E-state index contributed by atoms with van der Waals surface area (Å²) in [6.45, 7) is 0. The summed E-state index contributed by atoms with van der Waals surface area (Å²) in [7, 11) is 3.62. The number of ether oxygens (including phenoxy) is 2. The third-order valence-corrected chi connectivity index (χ3v) is 14.3. The molecular formula is C41H30O2S4. The molecule has 2 bridgehead atoms. The van der Waals surface area contributed by atoms with E-state index in [0.717, 1.165) is 23.5 Å². The minimum absolute atomic E-state index is 0.372. The lowest BCUT2D eigenvalue weighted by atomic mass is 9.90. The maximum absolute atomic E-state index is 6.30. The van der Waals surface area contributed by atoms with Gasteiger partial charge in [0.05, 0.1) is 19.1 Å². The molecule has 0 spiro atoms. The maximum Gasteiger partial charge on any atom is 0.131 e. The summed E-state index contributed by atoms with van der Waals surface area (Å²) in [5.74, 6) is 2.73. The Balaban J connectivity index is 1.18. The summed E-state index contributed by atoms with van der Waals surface area (Å²) in [5, 5.41) is 0. The van der Waals surface area contributed by atoms with Crippen molar-refractivity contribution < 1.29 is 9.47 Å². The largest absolute Gasteiger partial charge is 0.496 e.